The van der Waals surface area contributed by atoms with Gasteiger partial charge in [0.1, 0.15) is 6.04 Å². The Bertz CT molecular complexity index is 871. The van der Waals surface area contributed by atoms with Gasteiger partial charge in [0.15, 0.2) is 18.9 Å². The summed E-state index contributed by atoms with van der Waals surface area (Å²) in [5.41, 5.74) is 3.44. The largest absolute Gasteiger partial charge is 0.509 e. The first-order chi connectivity index (χ1) is 12.1. The Labute approximate surface area is 139 Å². The van der Waals surface area contributed by atoms with Crippen LogP contribution in [0.3, 0.4) is 0 Å². The normalized spacial score (nSPS) is 35.3. The van der Waals surface area contributed by atoms with Gasteiger partial charge in [0.25, 0.3) is 11.4 Å². The molecule has 0 amide bonds. The lowest BCUT2D eigenvalue weighted by atomic mass is 10.1. The highest BCUT2D eigenvalue weighted by atomic mass is 19.2. The Morgan fingerprint density at radius 3 is 2.92 bits per heavy atom. The molecule has 0 unspecified atom stereocenters. The predicted octanol–water partition coefficient (Wildman–Crippen LogP) is -1.47. The Balaban J connectivity index is 1.98. The molecule has 3 rings (SSSR count). The van der Waals surface area contributed by atoms with Crippen LogP contribution >= 0.6 is 0 Å². The second-order valence-electron chi connectivity index (χ2n) is 5.43. The Kier molecular flexibility index (Phi) is 3.77. The number of H-pyrrole nitrogens is 1. The number of aromatic nitrogens is 2. The minimum Gasteiger partial charge on any atom is -0.458 e. The van der Waals surface area contributed by atoms with E-state index in [1.807, 2.05) is 4.98 Å². The van der Waals surface area contributed by atoms with Crippen LogP contribution in [0.15, 0.2) is 21.9 Å². The van der Waals surface area contributed by atoms with Gasteiger partial charge in [0.2, 0.25) is 6.10 Å². The van der Waals surface area contributed by atoms with E-state index < -0.39 is 60.3 Å². The summed E-state index contributed by atoms with van der Waals surface area (Å²) in [6, 6.07) is -0.164. The number of nitrogens with two attached hydrogens (primary N) is 1. The van der Waals surface area contributed by atoms with Crippen LogP contribution in [0, 0.1) is 0 Å². The maximum Gasteiger partial charge on any atom is 0.509 e. The van der Waals surface area contributed by atoms with Crippen molar-refractivity contribution >= 4 is 12.1 Å². The van der Waals surface area contributed by atoms with Crippen LogP contribution < -0.4 is 17.0 Å². The van der Waals surface area contributed by atoms with E-state index in [0.29, 0.717) is 4.57 Å². The van der Waals surface area contributed by atoms with Gasteiger partial charge in [-0.25, -0.2) is 14.0 Å². The molecular weight excluding hydrogens is 345 g/mol. The SMILES string of the molecule is [2H][C@@]1(n2ccc(=O)[nH]c2=O)O[C@](F)(COC(=O)[C@H](C)N)[C@H]2OC(=O)O[C@H]21. The van der Waals surface area contributed by atoms with E-state index in [1.165, 1.54) is 6.92 Å². The molecule has 2 aliphatic heterocycles. The molecule has 0 bridgehead atoms. The van der Waals surface area contributed by atoms with Crippen LogP contribution in [-0.4, -0.2) is 52.4 Å². The number of hydrogen-bond acceptors (Lipinski definition) is 9. The summed E-state index contributed by atoms with van der Waals surface area (Å²) in [6.07, 6.45) is -6.55. The van der Waals surface area contributed by atoms with Crippen LogP contribution in [0.5, 0.6) is 0 Å². The van der Waals surface area contributed by atoms with Crippen LogP contribution in [0.4, 0.5) is 9.18 Å². The lowest BCUT2D eigenvalue weighted by Crippen LogP contribution is -2.44. The van der Waals surface area contributed by atoms with E-state index in [1.54, 1.807) is 0 Å². The number of carbonyl (C=O) groups excluding carboxylic acids is 2. The predicted molar refractivity (Wildman–Crippen MR) is 75.0 cm³/mol. The molecule has 12 heteroatoms. The lowest BCUT2D eigenvalue weighted by Gasteiger charge is -2.23. The number of aromatic amines is 1. The number of halogens is 1. The Morgan fingerprint density at radius 1 is 1.56 bits per heavy atom. The molecule has 25 heavy (non-hydrogen) atoms. The third-order valence-electron chi connectivity index (χ3n) is 3.51. The van der Waals surface area contributed by atoms with Crippen molar-refractivity contribution in [2.24, 2.45) is 5.73 Å². The molecule has 1 aromatic heterocycles. The van der Waals surface area contributed by atoms with Crippen molar-refractivity contribution in [1.82, 2.24) is 9.55 Å². The van der Waals surface area contributed by atoms with Gasteiger partial charge >= 0.3 is 17.8 Å². The zero-order valence-corrected chi connectivity index (χ0v) is 12.8. The summed E-state index contributed by atoms with van der Waals surface area (Å²) in [6.45, 7) is 0.239. The maximum atomic E-state index is 15.3. The molecule has 136 valence electrons. The molecule has 2 aliphatic rings. The molecule has 0 saturated carbocycles. The van der Waals surface area contributed by atoms with E-state index in [9.17, 15) is 19.2 Å². The minimum absolute atomic E-state index is 0.517. The highest BCUT2D eigenvalue weighted by molar-refractivity contribution is 5.74. The maximum absolute atomic E-state index is 15.3. The van der Waals surface area contributed by atoms with Crippen LogP contribution in [0.1, 0.15) is 14.5 Å². The molecule has 0 aromatic carbocycles. The number of ether oxygens (including phenoxy) is 4. The van der Waals surface area contributed by atoms with Crippen molar-refractivity contribution in [3.8, 4) is 0 Å². The number of hydrogen-bond donors (Lipinski definition) is 2. The summed E-state index contributed by atoms with van der Waals surface area (Å²) >= 11 is 0. The van der Waals surface area contributed by atoms with Crippen molar-refractivity contribution < 1.29 is 34.3 Å². The number of nitrogens with zero attached hydrogens (tertiary/aromatic N) is 1. The van der Waals surface area contributed by atoms with Gasteiger partial charge < -0.3 is 24.7 Å². The van der Waals surface area contributed by atoms with E-state index in [-0.39, 0.29) is 0 Å². The van der Waals surface area contributed by atoms with Gasteiger partial charge in [-0.2, -0.15) is 0 Å². The van der Waals surface area contributed by atoms with E-state index in [0.717, 1.165) is 12.3 Å². The van der Waals surface area contributed by atoms with E-state index in [4.69, 9.17) is 16.6 Å². The Hall–Kier alpha value is -2.73. The number of alkyl halides is 1. The first kappa shape index (κ1) is 15.8. The summed E-state index contributed by atoms with van der Waals surface area (Å²) in [5.74, 6) is -3.95. The van der Waals surface area contributed by atoms with Gasteiger partial charge in [-0.3, -0.25) is 19.1 Å². The first-order valence-electron chi connectivity index (χ1n) is 7.58. The third-order valence-corrected chi connectivity index (χ3v) is 3.51. The molecule has 1 aromatic rings. The fraction of sp³-hybridized carbons (Fsp3) is 0.538. The van der Waals surface area contributed by atoms with Crippen LogP contribution in [-0.2, 0) is 23.7 Å². The first-order valence-corrected chi connectivity index (χ1v) is 7.08. The highest BCUT2D eigenvalue weighted by Crippen LogP contribution is 2.44. The second kappa shape index (κ2) is 5.97. The van der Waals surface area contributed by atoms with Crippen molar-refractivity contribution in [3.63, 3.8) is 0 Å². The summed E-state index contributed by atoms with van der Waals surface area (Å²) in [5, 5.41) is 0. The van der Waals surface area contributed by atoms with Gasteiger partial charge in [-0.05, 0) is 6.92 Å². The molecule has 2 saturated heterocycles. The average molecular weight is 360 g/mol. The summed E-state index contributed by atoms with van der Waals surface area (Å²) in [4.78, 5) is 47.9. The van der Waals surface area contributed by atoms with Crippen molar-refractivity contribution in [2.75, 3.05) is 6.61 Å². The number of esters is 1. The molecule has 0 spiro atoms. The zero-order valence-electron chi connectivity index (χ0n) is 13.8. The van der Waals surface area contributed by atoms with Crippen LogP contribution in [0.25, 0.3) is 0 Å². The molecule has 5 atom stereocenters. The average Bonchev–Trinajstić information content (AvgIpc) is 3.03. The molecule has 3 heterocycles. The minimum atomic E-state index is -2.99. The molecule has 3 N–H and O–H groups in total. The molecule has 11 nitrogen and oxygen atoms in total. The number of fused-ring (bicyclic) bond motifs is 1. The topological polar surface area (TPSA) is 152 Å². The van der Waals surface area contributed by atoms with Crippen molar-refractivity contribution in [1.29, 1.82) is 0 Å². The van der Waals surface area contributed by atoms with Gasteiger partial charge in [0.05, 0.1) is 1.37 Å². The second-order valence-corrected chi connectivity index (χ2v) is 5.43. The summed E-state index contributed by atoms with van der Waals surface area (Å²) in [7, 11) is 0. The molecular formula is C13H14FN3O8. The lowest BCUT2D eigenvalue weighted by molar-refractivity contribution is -0.219. The molecule has 0 aliphatic carbocycles. The number of carbonyl (C=O) groups is 2. The summed E-state index contributed by atoms with van der Waals surface area (Å²) < 4.78 is 43.2. The smallest absolute Gasteiger partial charge is 0.458 e. The van der Waals surface area contributed by atoms with Crippen molar-refractivity contribution in [2.45, 2.75) is 37.2 Å². The van der Waals surface area contributed by atoms with E-state index >= 15 is 4.39 Å². The Morgan fingerprint density at radius 2 is 2.28 bits per heavy atom. The highest BCUT2D eigenvalue weighted by Gasteiger charge is 2.65. The standard InChI is InChI=1S/C13H14FN3O8/c1-5(15)10(19)22-4-13(14)8-7(23-12(21)24-8)9(25-13)17-3-2-6(18)16-11(17)20/h2-3,5,7-9H,4,15H2,1H3,(H,16,18,20)/t5-,7+,8-,9+,13+/m0/s1/i9D. The third kappa shape index (κ3) is 3.00. The quantitative estimate of drug-likeness (QED) is 0.613. The number of rotatable bonds is 4. The van der Waals surface area contributed by atoms with Gasteiger partial charge in [0, 0.05) is 12.3 Å². The van der Waals surface area contributed by atoms with Gasteiger partial charge in [-0.1, -0.05) is 0 Å². The van der Waals surface area contributed by atoms with Crippen LogP contribution in [0.2, 0.25) is 0 Å². The zero-order chi connectivity index (χ0) is 19.3. The van der Waals surface area contributed by atoms with E-state index in [2.05, 4.69) is 9.47 Å². The number of nitrogens with one attached hydrogen (secondary N) is 1. The molecule has 0 radical (unpaired) electrons. The fourth-order valence-electron chi connectivity index (χ4n) is 2.33. The monoisotopic (exact) mass is 360 g/mol. The molecule has 2 fully saturated rings. The van der Waals surface area contributed by atoms with Crippen molar-refractivity contribution in [3.05, 3.63) is 33.1 Å². The fourth-order valence-corrected chi connectivity index (χ4v) is 2.33. The van der Waals surface area contributed by atoms with Gasteiger partial charge in [-0.15, -0.1) is 0 Å².